The molecule has 0 bridgehead atoms. The summed E-state index contributed by atoms with van der Waals surface area (Å²) in [7, 11) is 0. The number of piperidine rings is 1. The third-order valence-corrected chi connectivity index (χ3v) is 5.02. The summed E-state index contributed by atoms with van der Waals surface area (Å²) in [6.45, 7) is 5.82. The second-order valence-corrected chi connectivity index (χ2v) is 7.03. The van der Waals surface area contributed by atoms with Crippen molar-refractivity contribution in [2.75, 3.05) is 19.6 Å². The first-order valence-corrected chi connectivity index (χ1v) is 8.22. The van der Waals surface area contributed by atoms with Gasteiger partial charge in [0.05, 0.1) is 5.92 Å². The average molecular weight is 295 g/mol. The van der Waals surface area contributed by atoms with Gasteiger partial charge in [-0.3, -0.25) is 9.59 Å². The van der Waals surface area contributed by atoms with E-state index in [-0.39, 0.29) is 23.3 Å². The van der Waals surface area contributed by atoms with Crippen molar-refractivity contribution in [3.05, 3.63) is 0 Å². The topological polar surface area (TPSA) is 75.4 Å². The number of rotatable bonds is 3. The molecule has 5 nitrogen and oxygen atoms in total. The standard InChI is InChI=1S/C16H29N3O2/c1-12(20)18-10-13-6-5-9-19(11-13)15(21)14-7-3-4-8-16(14,2)17/h13-14H,3-11,17H2,1-2H3,(H,18,20). The molecule has 0 radical (unpaired) electrons. The Kier molecular flexibility index (Phi) is 5.25. The van der Waals surface area contributed by atoms with Crippen molar-refractivity contribution in [3.63, 3.8) is 0 Å². The lowest BCUT2D eigenvalue weighted by Gasteiger charge is -2.42. The van der Waals surface area contributed by atoms with Gasteiger partial charge in [-0.05, 0) is 38.5 Å². The van der Waals surface area contributed by atoms with Crippen molar-refractivity contribution < 1.29 is 9.59 Å². The molecule has 120 valence electrons. The highest BCUT2D eigenvalue weighted by atomic mass is 16.2. The van der Waals surface area contributed by atoms with Crippen molar-refractivity contribution in [1.29, 1.82) is 0 Å². The maximum atomic E-state index is 12.8. The molecule has 1 heterocycles. The van der Waals surface area contributed by atoms with Gasteiger partial charge >= 0.3 is 0 Å². The monoisotopic (exact) mass is 295 g/mol. The highest BCUT2D eigenvalue weighted by Gasteiger charge is 2.40. The molecule has 0 aromatic rings. The van der Waals surface area contributed by atoms with E-state index >= 15 is 0 Å². The first-order chi connectivity index (χ1) is 9.90. The first-order valence-electron chi connectivity index (χ1n) is 8.22. The molecule has 0 spiro atoms. The van der Waals surface area contributed by atoms with E-state index in [9.17, 15) is 9.59 Å². The Morgan fingerprint density at radius 1 is 1.29 bits per heavy atom. The van der Waals surface area contributed by atoms with Gasteiger partial charge in [-0.1, -0.05) is 12.8 Å². The maximum absolute atomic E-state index is 12.8. The van der Waals surface area contributed by atoms with Gasteiger partial charge in [-0.25, -0.2) is 0 Å². The molecule has 1 saturated carbocycles. The smallest absolute Gasteiger partial charge is 0.227 e. The van der Waals surface area contributed by atoms with Crippen LogP contribution >= 0.6 is 0 Å². The van der Waals surface area contributed by atoms with Crippen LogP contribution in [0.5, 0.6) is 0 Å². The zero-order valence-corrected chi connectivity index (χ0v) is 13.4. The summed E-state index contributed by atoms with van der Waals surface area (Å²) >= 11 is 0. The lowest BCUT2D eigenvalue weighted by Crippen LogP contribution is -2.55. The molecule has 2 amide bonds. The van der Waals surface area contributed by atoms with E-state index in [1.807, 2.05) is 11.8 Å². The van der Waals surface area contributed by atoms with E-state index in [0.717, 1.165) is 51.6 Å². The molecule has 2 rings (SSSR count). The molecule has 1 aliphatic heterocycles. The zero-order chi connectivity index (χ0) is 15.5. The zero-order valence-electron chi connectivity index (χ0n) is 13.4. The van der Waals surface area contributed by atoms with Gasteiger partial charge in [0.1, 0.15) is 0 Å². The van der Waals surface area contributed by atoms with Gasteiger partial charge in [-0.15, -0.1) is 0 Å². The largest absolute Gasteiger partial charge is 0.356 e. The van der Waals surface area contributed by atoms with Crippen LogP contribution < -0.4 is 11.1 Å². The van der Waals surface area contributed by atoms with Crippen LogP contribution in [0.1, 0.15) is 52.4 Å². The number of carbonyl (C=O) groups excluding carboxylic acids is 2. The van der Waals surface area contributed by atoms with Crippen LogP contribution in [0.3, 0.4) is 0 Å². The van der Waals surface area contributed by atoms with Crippen molar-refractivity contribution >= 4 is 11.8 Å². The number of amides is 2. The number of nitrogens with zero attached hydrogens (tertiary/aromatic N) is 1. The fourth-order valence-corrected chi connectivity index (χ4v) is 3.70. The SMILES string of the molecule is CC(=O)NCC1CCCN(C(=O)C2CCCCC2(C)N)C1. The predicted molar refractivity (Wildman–Crippen MR) is 82.5 cm³/mol. The summed E-state index contributed by atoms with van der Waals surface area (Å²) in [5.74, 6) is 0.567. The van der Waals surface area contributed by atoms with Crippen molar-refractivity contribution in [3.8, 4) is 0 Å². The minimum Gasteiger partial charge on any atom is -0.356 e. The average Bonchev–Trinajstić information content (AvgIpc) is 2.44. The summed E-state index contributed by atoms with van der Waals surface area (Å²) in [6, 6.07) is 0. The Morgan fingerprint density at radius 2 is 2.05 bits per heavy atom. The summed E-state index contributed by atoms with van der Waals surface area (Å²) in [6.07, 6.45) is 6.18. The van der Waals surface area contributed by atoms with Crippen molar-refractivity contribution in [2.45, 2.75) is 57.9 Å². The molecule has 2 fully saturated rings. The lowest BCUT2D eigenvalue weighted by molar-refractivity contribution is -0.140. The number of likely N-dealkylation sites (tertiary alicyclic amines) is 1. The highest BCUT2D eigenvalue weighted by Crippen LogP contribution is 2.33. The Hall–Kier alpha value is -1.10. The van der Waals surface area contributed by atoms with E-state index in [2.05, 4.69) is 5.32 Å². The summed E-state index contributed by atoms with van der Waals surface area (Å²) in [4.78, 5) is 25.8. The molecule has 1 saturated heterocycles. The van der Waals surface area contributed by atoms with Crippen molar-refractivity contribution in [2.24, 2.45) is 17.6 Å². The summed E-state index contributed by atoms with van der Waals surface area (Å²) in [5, 5.41) is 2.87. The van der Waals surface area contributed by atoms with Gasteiger partial charge in [0.2, 0.25) is 11.8 Å². The van der Waals surface area contributed by atoms with Crippen LogP contribution in [-0.4, -0.2) is 41.9 Å². The normalized spacial score (nSPS) is 33.6. The first kappa shape index (κ1) is 16.3. The third kappa shape index (κ3) is 4.19. The van der Waals surface area contributed by atoms with Crippen LogP contribution in [-0.2, 0) is 9.59 Å². The van der Waals surface area contributed by atoms with E-state index in [1.165, 1.54) is 6.92 Å². The molecular weight excluding hydrogens is 266 g/mol. The van der Waals surface area contributed by atoms with E-state index in [1.54, 1.807) is 0 Å². The fourth-order valence-electron chi connectivity index (χ4n) is 3.70. The summed E-state index contributed by atoms with van der Waals surface area (Å²) < 4.78 is 0. The molecule has 2 aliphatic rings. The second kappa shape index (κ2) is 6.77. The van der Waals surface area contributed by atoms with Crippen LogP contribution in [0.2, 0.25) is 0 Å². The van der Waals surface area contributed by atoms with Crippen LogP contribution in [0.25, 0.3) is 0 Å². The van der Waals surface area contributed by atoms with E-state index in [4.69, 9.17) is 5.73 Å². The Morgan fingerprint density at radius 3 is 2.71 bits per heavy atom. The maximum Gasteiger partial charge on any atom is 0.227 e. The van der Waals surface area contributed by atoms with E-state index in [0.29, 0.717) is 12.5 Å². The molecule has 3 atom stereocenters. The molecule has 5 heteroatoms. The third-order valence-electron chi connectivity index (χ3n) is 5.02. The minimum atomic E-state index is -0.361. The molecule has 0 aromatic carbocycles. The number of carbonyl (C=O) groups is 2. The Labute approximate surface area is 127 Å². The van der Waals surface area contributed by atoms with Gasteiger partial charge < -0.3 is 16.0 Å². The molecular formula is C16H29N3O2. The predicted octanol–water partition coefficient (Wildman–Crippen LogP) is 1.27. The van der Waals surface area contributed by atoms with Gasteiger partial charge in [0.15, 0.2) is 0 Å². The highest BCUT2D eigenvalue weighted by molar-refractivity contribution is 5.80. The van der Waals surface area contributed by atoms with Crippen LogP contribution in [0, 0.1) is 11.8 Å². The van der Waals surface area contributed by atoms with Gasteiger partial charge in [0, 0.05) is 32.1 Å². The molecule has 1 aliphatic carbocycles. The molecule has 21 heavy (non-hydrogen) atoms. The molecule has 3 N–H and O–H groups in total. The number of hydrogen-bond donors (Lipinski definition) is 2. The van der Waals surface area contributed by atoms with Gasteiger partial charge in [0.25, 0.3) is 0 Å². The lowest BCUT2D eigenvalue weighted by atomic mass is 9.73. The fraction of sp³-hybridized carbons (Fsp3) is 0.875. The number of hydrogen-bond acceptors (Lipinski definition) is 3. The molecule has 3 unspecified atom stereocenters. The number of nitrogens with two attached hydrogens (primary N) is 1. The Balaban J connectivity index is 1.93. The van der Waals surface area contributed by atoms with E-state index < -0.39 is 0 Å². The Bertz CT molecular complexity index is 395. The second-order valence-electron chi connectivity index (χ2n) is 7.03. The molecule has 0 aromatic heterocycles. The quantitative estimate of drug-likeness (QED) is 0.823. The van der Waals surface area contributed by atoms with Crippen LogP contribution in [0.4, 0.5) is 0 Å². The summed E-state index contributed by atoms with van der Waals surface area (Å²) in [5.41, 5.74) is 6.00. The van der Waals surface area contributed by atoms with Crippen LogP contribution in [0.15, 0.2) is 0 Å². The number of nitrogens with one attached hydrogen (secondary N) is 1. The van der Waals surface area contributed by atoms with Gasteiger partial charge in [-0.2, -0.15) is 0 Å². The minimum absolute atomic E-state index is 0.000244. The van der Waals surface area contributed by atoms with Crippen molar-refractivity contribution in [1.82, 2.24) is 10.2 Å².